The summed E-state index contributed by atoms with van der Waals surface area (Å²) in [7, 11) is 0. The van der Waals surface area contributed by atoms with Crippen LogP contribution in [0.1, 0.15) is 5.56 Å². The van der Waals surface area contributed by atoms with Crippen LogP contribution in [-0.4, -0.2) is 21.6 Å². The average molecular weight is 385 g/mol. The number of hydrogen-bond donors (Lipinski definition) is 1. The van der Waals surface area contributed by atoms with Gasteiger partial charge in [-0.15, -0.1) is 11.3 Å². The first-order valence-corrected chi connectivity index (χ1v) is 9.58. The summed E-state index contributed by atoms with van der Waals surface area (Å²) in [5, 5.41) is 15.5. The Morgan fingerprint density at radius 3 is 2.77 bits per heavy atom. The molecule has 1 aromatic heterocycles. The predicted molar refractivity (Wildman–Crippen MR) is 105 cm³/mol. The summed E-state index contributed by atoms with van der Waals surface area (Å²) in [6.07, 6.45) is 0. The topological polar surface area (TPSA) is 85.1 Å². The zero-order chi connectivity index (χ0) is 18.5. The number of carbonyl (C=O) groups excluding carboxylic acids is 1. The third-order valence-electron chi connectivity index (χ3n) is 3.59. The number of nitrogens with one attached hydrogen (secondary N) is 1. The normalized spacial score (nSPS) is 10.5. The molecule has 0 radical (unpaired) electrons. The third-order valence-corrected chi connectivity index (χ3v) is 5.61. The number of carbonyl (C=O) groups is 1. The molecule has 8 heteroatoms. The minimum atomic E-state index is -0.482. The zero-order valence-corrected chi connectivity index (χ0v) is 15.5. The smallest absolute Gasteiger partial charge is 0.271 e. The summed E-state index contributed by atoms with van der Waals surface area (Å²) in [6, 6.07) is 14.2. The van der Waals surface area contributed by atoms with Crippen LogP contribution < -0.4 is 5.32 Å². The Balaban J connectivity index is 1.61. The lowest BCUT2D eigenvalue weighted by Crippen LogP contribution is -2.15. The van der Waals surface area contributed by atoms with Gasteiger partial charge >= 0.3 is 0 Å². The first-order valence-electron chi connectivity index (χ1n) is 7.71. The maximum absolute atomic E-state index is 12.2. The van der Waals surface area contributed by atoms with E-state index in [1.807, 2.05) is 35.7 Å². The van der Waals surface area contributed by atoms with Crippen LogP contribution in [0.4, 0.5) is 11.4 Å². The van der Waals surface area contributed by atoms with E-state index < -0.39 is 4.92 Å². The number of thioether (sulfide) groups is 1. The summed E-state index contributed by atoms with van der Waals surface area (Å²) in [6.45, 7) is 1.79. The molecule has 132 valence electrons. The van der Waals surface area contributed by atoms with E-state index in [2.05, 4.69) is 10.3 Å². The van der Waals surface area contributed by atoms with Gasteiger partial charge in [-0.2, -0.15) is 0 Å². The van der Waals surface area contributed by atoms with Gasteiger partial charge in [0.1, 0.15) is 0 Å². The second-order valence-electron chi connectivity index (χ2n) is 5.46. The largest absolute Gasteiger partial charge is 0.325 e. The summed E-state index contributed by atoms with van der Waals surface area (Å²) < 4.78 is 0.801. The Bertz CT molecular complexity index is 942. The number of non-ortho nitro benzene ring substituents is 1. The highest BCUT2D eigenvalue weighted by molar-refractivity contribution is 8.01. The highest BCUT2D eigenvalue weighted by Gasteiger charge is 2.12. The van der Waals surface area contributed by atoms with E-state index in [9.17, 15) is 14.9 Å². The lowest BCUT2D eigenvalue weighted by atomic mass is 10.2. The van der Waals surface area contributed by atoms with E-state index in [0.717, 1.165) is 21.2 Å². The summed E-state index contributed by atoms with van der Waals surface area (Å²) >= 11 is 2.83. The van der Waals surface area contributed by atoms with Gasteiger partial charge in [0.25, 0.3) is 5.69 Å². The fourth-order valence-corrected chi connectivity index (χ4v) is 3.87. The number of aromatic nitrogens is 1. The first kappa shape index (κ1) is 18.1. The molecule has 0 aliphatic heterocycles. The molecular formula is C18H15N3O3S2. The SMILES string of the molecule is Cc1ccc([N+](=O)[O-])cc1NC(=O)CSc1nc(-c2ccccc2)cs1. The fourth-order valence-electron chi connectivity index (χ4n) is 2.24. The number of nitrogens with zero attached hydrogens (tertiary/aromatic N) is 2. The van der Waals surface area contributed by atoms with E-state index in [-0.39, 0.29) is 17.3 Å². The molecule has 3 rings (SSSR count). The number of aryl methyl sites for hydroxylation is 1. The monoisotopic (exact) mass is 385 g/mol. The lowest BCUT2D eigenvalue weighted by Gasteiger charge is -2.07. The fraction of sp³-hybridized carbons (Fsp3) is 0.111. The second-order valence-corrected chi connectivity index (χ2v) is 7.54. The van der Waals surface area contributed by atoms with Gasteiger partial charge in [0.05, 0.1) is 22.1 Å². The second kappa shape index (κ2) is 8.11. The minimum Gasteiger partial charge on any atom is -0.325 e. The quantitative estimate of drug-likeness (QED) is 0.376. The van der Waals surface area contributed by atoms with Crippen molar-refractivity contribution in [1.29, 1.82) is 0 Å². The Kier molecular flexibility index (Phi) is 5.65. The molecule has 0 bridgehead atoms. The summed E-state index contributed by atoms with van der Waals surface area (Å²) in [5.74, 6) is -0.0424. The van der Waals surface area contributed by atoms with Gasteiger partial charge in [0, 0.05) is 23.1 Å². The Morgan fingerprint density at radius 1 is 1.27 bits per heavy atom. The molecule has 0 fully saturated rings. The molecule has 6 nitrogen and oxygen atoms in total. The van der Waals surface area contributed by atoms with Gasteiger partial charge in [-0.3, -0.25) is 14.9 Å². The third kappa shape index (κ3) is 4.47. The van der Waals surface area contributed by atoms with Gasteiger partial charge in [-0.25, -0.2) is 4.98 Å². The maximum Gasteiger partial charge on any atom is 0.271 e. The van der Waals surface area contributed by atoms with Crippen LogP contribution >= 0.6 is 23.1 Å². The molecule has 1 amide bonds. The zero-order valence-electron chi connectivity index (χ0n) is 13.8. The first-order chi connectivity index (χ1) is 12.5. The van der Waals surface area contributed by atoms with Gasteiger partial charge in [-0.05, 0) is 12.5 Å². The van der Waals surface area contributed by atoms with Crippen LogP contribution in [0, 0.1) is 17.0 Å². The van der Waals surface area contributed by atoms with Crippen molar-refractivity contribution in [3.63, 3.8) is 0 Å². The summed E-state index contributed by atoms with van der Waals surface area (Å²) in [5.41, 5.74) is 3.09. The molecular weight excluding hydrogens is 370 g/mol. The molecule has 0 saturated carbocycles. The molecule has 1 N–H and O–H groups in total. The predicted octanol–water partition coefficient (Wildman–Crippen LogP) is 4.76. The van der Waals surface area contributed by atoms with Crippen LogP contribution in [0.15, 0.2) is 58.3 Å². The van der Waals surface area contributed by atoms with Gasteiger partial charge in [-0.1, -0.05) is 48.2 Å². The molecule has 0 aliphatic carbocycles. The number of nitro groups is 1. The van der Waals surface area contributed by atoms with Crippen molar-refractivity contribution in [2.75, 3.05) is 11.1 Å². The molecule has 2 aromatic carbocycles. The van der Waals surface area contributed by atoms with Crippen molar-refractivity contribution >= 4 is 40.4 Å². The van der Waals surface area contributed by atoms with Crippen LogP contribution in [-0.2, 0) is 4.79 Å². The maximum atomic E-state index is 12.2. The van der Waals surface area contributed by atoms with Crippen LogP contribution in [0.3, 0.4) is 0 Å². The van der Waals surface area contributed by atoms with Crippen molar-refractivity contribution in [3.8, 4) is 11.3 Å². The van der Waals surface area contributed by atoms with Gasteiger partial charge < -0.3 is 5.32 Å². The molecule has 0 aliphatic rings. The van der Waals surface area contributed by atoms with Crippen molar-refractivity contribution in [3.05, 3.63) is 69.6 Å². The minimum absolute atomic E-state index is 0.0500. The molecule has 26 heavy (non-hydrogen) atoms. The Hall–Kier alpha value is -2.71. The standard InChI is InChI=1S/C18H15N3O3S2/c1-12-7-8-14(21(23)24)9-15(12)19-17(22)11-26-18-20-16(10-25-18)13-5-3-2-4-6-13/h2-10H,11H2,1H3,(H,19,22). The van der Waals surface area contributed by atoms with Crippen molar-refractivity contribution < 1.29 is 9.72 Å². The number of thiazole rings is 1. The number of amides is 1. The molecule has 1 heterocycles. The number of rotatable bonds is 6. The Morgan fingerprint density at radius 2 is 2.04 bits per heavy atom. The number of nitro benzene ring substituents is 1. The highest BCUT2D eigenvalue weighted by Crippen LogP contribution is 2.28. The molecule has 3 aromatic rings. The lowest BCUT2D eigenvalue weighted by molar-refractivity contribution is -0.384. The molecule has 0 unspecified atom stereocenters. The van der Waals surface area contributed by atoms with E-state index in [1.165, 1.54) is 35.2 Å². The van der Waals surface area contributed by atoms with Crippen molar-refractivity contribution in [2.24, 2.45) is 0 Å². The highest BCUT2D eigenvalue weighted by atomic mass is 32.2. The van der Waals surface area contributed by atoms with Crippen LogP contribution in [0.2, 0.25) is 0 Å². The number of anilines is 1. The van der Waals surface area contributed by atoms with Crippen molar-refractivity contribution in [2.45, 2.75) is 11.3 Å². The molecule has 0 atom stereocenters. The van der Waals surface area contributed by atoms with Crippen LogP contribution in [0.25, 0.3) is 11.3 Å². The number of hydrogen-bond acceptors (Lipinski definition) is 6. The molecule has 0 spiro atoms. The van der Waals surface area contributed by atoms with E-state index >= 15 is 0 Å². The van der Waals surface area contributed by atoms with Gasteiger partial charge in [0.15, 0.2) is 4.34 Å². The van der Waals surface area contributed by atoms with Crippen molar-refractivity contribution in [1.82, 2.24) is 4.98 Å². The van der Waals surface area contributed by atoms with E-state index in [1.54, 1.807) is 13.0 Å². The average Bonchev–Trinajstić information content (AvgIpc) is 3.11. The van der Waals surface area contributed by atoms with E-state index in [4.69, 9.17) is 0 Å². The number of benzene rings is 2. The summed E-state index contributed by atoms with van der Waals surface area (Å²) in [4.78, 5) is 27.1. The Labute approximate surface area is 158 Å². The van der Waals surface area contributed by atoms with Gasteiger partial charge in [0.2, 0.25) is 5.91 Å². The molecule has 0 saturated heterocycles. The van der Waals surface area contributed by atoms with Crippen LogP contribution in [0.5, 0.6) is 0 Å². The van der Waals surface area contributed by atoms with E-state index in [0.29, 0.717) is 5.69 Å².